The maximum Gasteiger partial charge on any atom is 0.251 e. The molecule has 1 aliphatic rings. The maximum atomic E-state index is 12.7. The number of aromatic nitrogens is 2. The molecule has 0 radical (unpaired) electrons. The van der Waals surface area contributed by atoms with Gasteiger partial charge in [-0.25, -0.2) is 4.98 Å². The fraction of sp³-hybridized carbons (Fsp3) is 0.227. The van der Waals surface area contributed by atoms with Crippen molar-refractivity contribution in [2.75, 3.05) is 11.4 Å². The molecule has 1 saturated heterocycles. The van der Waals surface area contributed by atoms with Crippen molar-refractivity contribution in [2.45, 2.75) is 25.9 Å². The van der Waals surface area contributed by atoms with E-state index in [-0.39, 0.29) is 11.8 Å². The monoisotopic (exact) mass is 374 g/mol. The topological polar surface area (TPSA) is 67.2 Å². The van der Waals surface area contributed by atoms with Crippen molar-refractivity contribution in [1.82, 2.24) is 14.9 Å². The minimum atomic E-state index is -0.147. The number of anilines is 1. The second kappa shape index (κ2) is 8.08. The summed E-state index contributed by atoms with van der Waals surface area (Å²) in [5, 5.41) is 3.00. The standard InChI is InChI=1S/C22H22N4O2/c27-21-9-4-11-26(21)20-8-3-7-17(13-20)22(28)24-14-18-5-1-2-6-19(18)15-25-12-10-23-16-25/h1-3,5-8,10,12-13,16H,4,9,11,14-15H2,(H,24,28). The highest BCUT2D eigenvalue weighted by Gasteiger charge is 2.22. The molecule has 0 unspecified atom stereocenters. The van der Waals surface area contributed by atoms with E-state index in [0.717, 1.165) is 23.2 Å². The number of benzene rings is 2. The van der Waals surface area contributed by atoms with Crippen LogP contribution in [0.5, 0.6) is 0 Å². The van der Waals surface area contributed by atoms with E-state index in [2.05, 4.69) is 16.4 Å². The number of carbonyl (C=O) groups is 2. The number of hydrogen-bond acceptors (Lipinski definition) is 3. The number of amides is 2. The Hall–Kier alpha value is -3.41. The Balaban J connectivity index is 1.44. The first-order chi connectivity index (χ1) is 13.7. The first-order valence-electron chi connectivity index (χ1n) is 9.42. The zero-order valence-electron chi connectivity index (χ0n) is 15.5. The number of carbonyl (C=O) groups excluding carboxylic acids is 2. The number of rotatable bonds is 6. The SMILES string of the molecule is O=C(NCc1ccccc1Cn1ccnc1)c1cccc(N2CCCC2=O)c1. The van der Waals surface area contributed by atoms with Crippen LogP contribution in [0.2, 0.25) is 0 Å². The van der Waals surface area contributed by atoms with Gasteiger partial charge < -0.3 is 14.8 Å². The second-order valence-corrected chi connectivity index (χ2v) is 6.89. The molecule has 1 N–H and O–H groups in total. The summed E-state index contributed by atoms with van der Waals surface area (Å²) in [6, 6.07) is 15.3. The summed E-state index contributed by atoms with van der Waals surface area (Å²) in [6.07, 6.45) is 6.89. The number of imidazole rings is 1. The lowest BCUT2D eigenvalue weighted by Crippen LogP contribution is -2.26. The van der Waals surface area contributed by atoms with Crippen molar-refractivity contribution in [3.05, 3.63) is 83.9 Å². The molecule has 1 aromatic heterocycles. The minimum Gasteiger partial charge on any atom is -0.348 e. The van der Waals surface area contributed by atoms with Crippen molar-refractivity contribution in [3.63, 3.8) is 0 Å². The van der Waals surface area contributed by atoms with Crippen LogP contribution in [0.1, 0.15) is 34.3 Å². The van der Waals surface area contributed by atoms with Gasteiger partial charge in [-0.3, -0.25) is 9.59 Å². The summed E-state index contributed by atoms with van der Waals surface area (Å²) in [5.74, 6) is -0.0306. The molecule has 28 heavy (non-hydrogen) atoms. The molecule has 0 atom stereocenters. The fourth-order valence-electron chi connectivity index (χ4n) is 3.47. The van der Waals surface area contributed by atoms with Gasteiger partial charge in [0.05, 0.1) is 6.33 Å². The molecule has 6 heteroatoms. The third-order valence-corrected chi connectivity index (χ3v) is 4.96. The van der Waals surface area contributed by atoms with Crippen molar-refractivity contribution < 1.29 is 9.59 Å². The van der Waals surface area contributed by atoms with Crippen molar-refractivity contribution in [3.8, 4) is 0 Å². The summed E-state index contributed by atoms with van der Waals surface area (Å²) in [7, 11) is 0. The highest BCUT2D eigenvalue weighted by Crippen LogP contribution is 2.22. The lowest BCUT2D eigenvalue weighted by atomic mass is 10.1. The molecular weight excluding hydrogens is 352 g/mol. The van der Waals surface area contributed by atoms with E-state index in [1.54, 1.807) is 29.6 Å². The summed E-state index contributed by atoms with van der Waals surface area (Å²) in [4.78, 5) is 30.4. The van der Waals surface area contributed by atoms with Crippen molar-refractivity contribution >= 4 is 17.5 Å². The van der Waals surface area contributed by atoms with Crippen LogP contribution in [-0.2, 0) is 17.9 Å². The van der Waals surface area contributed by atoms with Gasteiger partial charge in [0.25, 0.3) is 5.91 Å². The zero-order chi connectivity index (χ0) is 19.3. The Bertz CT molecular complexity index is 982. The number of nitrogens with zero attached hydrogens (tertiary/aromatic N) is 3. The van der Waals surface area contributed by atoms with E-state index in [1.165, 1.54) is 0 Å². The molecule has 2 aromatic carbocycles. The Morgan fingerprint density at radius 3 is 2.71 bits per heavy atom. The molecule has 142 valence electrons. The molecule has 0 saturated carbocycles. The Morgan fingerprint density at radius 2 is 1.96 bits per heavy atom. The van der Waals surface area contributed by atoms with E-state index in [0.29, 0.717) is 31.6 Å². The Kier molecular flexibility index (Phi) is 5.19. The largest absolute Gasteiger partial charge is 0.348 e. The predicted molar refractivity (Wildman–Crippen MR) is 107 cm³/mol. The van der Waals surface area contributed by atoms with Gasteiger partial charge in [0.15, 0.2) is 0 Å². The Labute approximate surface area is 163 Å². The van der Waals surface area contributed by atoms with Gasteiger partial charge in [-0.2, -0.15) is 0 Å². The minimum absolute atomic E-state index is 0.117. The molecule has 1 aliphatic heterocycles. The first-order valence-corrected chi connectivity index (χ1v) is 9.42. The predicted octanol–water partition coefficient (Wildman–Crippen LogP) is 2.99. The van der Waals surface area contributed by atoms with E-state index < -0.39 is 0 Å². The lowest BCUT2D eigenvalue weighted by molar-refractivity contribution is -0.117. The molecule has 3 aromatic rings. The molecule has 2 heterocycles. The smallest absolute Gasteiger partial charge is 0.251 e. The molecule has 1 fully saturated rings. The normalized spacial score (nSPS) is 13.7. The van der Waals surface area contributed by atoms with Crippen LogP contribution in [0.15, 0.2) is 67.3 Å². The van der Waals surface area contributed by atoms with Crippen molar-refractivity contribution in [2.24, 2.45) is 0 Å². The average Bonchev–Trinajstić information content (AvgIpc) is 3.39. The molecule has 0 aliphatic carbocycles. The number of nitrogens with one attached hydrogen (secondary N) is 1. The second-order valence-electron chi connectivity index (χ2n) is 6.89. The van der Waals surface area contributed by atoms with E-state index in [1.807, 2.05) is 41.1 Å². The highest BCUT2D eigenvalue weighted by atomic mass is 16.2. The summed E-state index contributed by atoms with van der Waals surface area (Å²) in [6.45, 7) is 1.86. The van der Waals surface area contributed by atoms with Crippen LogP contribution in [-0.4, -0.2) is 27.9 Å². The third-order valence-electron chi connectivity index (χ3n) is 4.96. The van der Waals surface area contributed by atoms with E-state index >= 15 is 0 Å². The van der Waals surface area contributed by atoms with Gasteiger partial charge in [-0.15, -0.1) is 0 Å². The summed E-state index contributed by atoms with van der Waals surface area (Å²) >= 11 is 0. The maximum absolute atomic E-state index is 12.7. The van der Waals surface area contributed by atoms with Gasteiger partial charge in [0.2, 0.25) is 5.91 Å². The van der Waals surface area contributed by atoms with Crippen LogP contribution >= 0.6 is 0 Å². The van der Waals surface area contributed by atoms with Crippen LogP contribution in [0, 0.1) is 0 Å². The van der Waals surface area contributed by atoms with Gasteiger partial charge >= 0.3 is 0 Å². The van der Waals surface area contributed by atoms with Gasteiger partial charge in [0, 0.05) is 49.7 Å². The quantitative estimate of drug-likeness (QED) is 0.721. The van der Waals surface area contributed by atoms with Gasteiger partial charge in [0.1, 0.15) is 0 Å². The van der Waals surface area contributed by atoms with E-state index in [4.69, 9.17) is 0 Å². The molecule has 4 rings (SSSR count). The Morgan fingerprint density at radius 1 is 1.11 bits per heavy atom. The molecule has 0 bridgehead atoms. The molecule has 0 spiro atoms. The summed E-state index contributed by atoms with van der Waals surface area (Å²) in [5.41, 5.74) is 3.55. The summed E-state index contributed by atoms with van der Waals surface area (Å²) < 4.78 is 2.00. The average molecular weight is 374 g/mol. The first kappa shape index (κ1) is 18.0. The number of hydrogen-bond donors (Lipinski definition) is 1. The van der Waals surface area contributed by atoms with Crippen LogP contribution in [0.4, 0.5) is 5.69 Å². The van der Waals surface area contributed by atoms with Crippen LogP contribution < -0.4 is 10.2 Å². The van der Waals surface area contributed by atoms with Crippen LogP contribution in [0.3, 0.4) is 0 Å². The molecule has 6 nitrogen and oxygen atoms in total. The fourth-order valence-corrected chi connectivity index (χ4v) is 3.47. The van der Waals surface area contributed by atoms with Crippen LogP contribution in [0.25, 0.3) is 0 Å². The van der Waals surface area contributed by atoms with Crippen molar-refractivity contribution in [1.29, 1.82) is 0 Å². The van der Waals surface area contributed by atoms with Gasteiger partial charge in [-0.05, 0) is 35.7 Å². The third kappa shape index (κ3) is 3.96. The zero-order valence-corrected chi connectivity index (χ0v) is 15.5. The van der Waals surface area contributed by atoms with E-state index in [9.17, 15) is 9.59 Å². The lowest BCUT2D eigenvalue weighted by Gasteiger charge is -2.16. The van der Waals surface area contributed by atoms with Gasteiger partial charge in [-0.1, -0.05) is 30.3 Å². The highest BCUT2D eigenvalue weighted by molar-refractivity contribution is 5.99. The molecular formula is C22H22N4O2. The molecule has 2 amide bonds.